The number of nitrogens with one attached hydrogen (secondary N) is 1. The van der Waals surface area contributed by atoms with Crippen LogP contribution in [0.2, 0.25) is 0 Å². The van der Waals surface area contributed by atoms with Crippen molar-refractivity contribution in [2.75, 3.05) is 12.3 Å². The van der Waals surface area contributed by atoms with Crippen LogP contribution in [-0.4, -0.2) is 25.7 Å². The van der Waals surface area contributed by atoms with Crippen molar-refractivity contribution in [1.29, 1.82) is 0 Å². The number of sulfonamides is 1. The highest BCUT2D eigenvalue weighted by atomic mass is 32.2. The second-order valence-corrected chi connectivity index (χ2v) is 6.15. The number of aliphatic hydroxyl groups is 1. The van der Waals surface area contributed by atoms with Crippen molar-refractivity contribution in [3.8, 4) is 0 Å². The lowest BCUT2D eigenvalue weighted by Gasteiger charge is -2.25. The van der Waals surface area contributed by atoms with E-state index in [9.17, 15) is 8.42 Å². The van der Waals surface area contributed by atoms with Crippen LogP contribution in [0.15, 0.2) is 29.2 Å². The van der Waals surface area contributed by atoms with Gasteiger partial charge >= 0.3 is 0 Å². The minimum Gasteiger partial charge on any atom is -0.398 e. The molecule has 0 amide bonds. The Hall–Kier alpha value is -1.11. The Morgan fingerprint density at radius 2 is 1.94 bits per heavy atom. The van der Waals surface area contributed by atoms with Gasteiger partial charge in [-0.15, -0.1) is 0 Å². The summed E-state index contributed by atoms with van der Waals surface area (Å²) in [6, 6.07) is 6.28. The highest BCUT2D eigenvalue weighted by Crippen LogP contribution is 2.20. The van der Waals surface area contributed by atoms with Crippen molar-refractivity contribution in [3.05, 3.63) is 24.3 Å². The Labute approximate surface area is 102 Å². The lowest BCUT2D eigenvalue weighted by atomic mass is 10.0. The van der Waals surface area contributed by atoms with E-state index in [1.807, 2.05) is 0 Å². The monoisotopic (exact) mass is 258 g/mol. The van der Waals surface area contributed by atoms with Gasteiger partial charge in [0.25, 0.3) is 0 Å². The molecule has 0 aliphatic carbocycles. The number of hydrogen-bond donors (Lipinski definition) is 3. The standard InChI is InChI=1S/C11H18N2O3S/c1-11(2,7-8-14)13-17(15,16)10-6-4-3-5-9(10)12/h3-6,13-14H,7-8,12H2,1-2H3. The van der Waals surface area contributed by atoms with Gasteiger partial charge in [-0.2, -0.15) is 0 Å². The van der Waals surface area contributed by atoms with Crippen LogP contribution in [0.5, 0.6) is 0 Å². The first-order chi connectivity index (χ1) is 7.78. The normalized spacial score (nSPS) is 12.6. The second-order valence-electron chi connectivity index (χ2n) is 4.50. The first kappa shape index (κ1) is 14.0. The van der Waals surface area contributed by atoms with Crippen LogP contribution in [0.3, 0.4) is 0 Å². The van der Waals surface area contributed by atoms with Gasteiger partial charge in [0, 0.05) is 12.1 Å². The van der Waals surface area contributed by atoms with Crippen LogP contribution in [0.4, 0.5) is 5.69 Å². The third-order valence-corrected chi connectivity index (χ3v) is 4.13. The summed E-state index contributed by atoms with van der Waals surface area (Å²) in [6.07, 6.45) is 0.332. The number of nitrogen functional groups attached to an aromatic ring is 1. The lowest BCUT2D eigenvalue weighted by molar-refractivity contribution is 0.246. The smallest absolute Gasteiger partial charge is 0.243 e. The molecule has 0 aliphatic heterocycles. The molecular formula is C11H18N2O3S. The van der Waals surface area contributed by atoms with E-state index in [0.29, 0.717) is 6.42 Å². The van der Waals surface area contributed by atoms with Crippen molar-refractivity contribution in [3.63, 3.8) is 0 Å². The SMILES string of the molecule is CC(C)(CCO)NS(=O)(=O)c1ccccc1N. The summed E-state index contributed by atoms with van der Waals surface area (Å²) in [5, 5.41) is 8.86. The average Bonchev–Trinajstić information content (AvgIpc) is 2.15. The number of aliphatic hydroxyl groups excluding tert-OH is 1. The molecule has 1 aromatic carbocycles. The lowest BCUT2D eigenvalue weighted by Crippen LogP contribution is -2.44. The first-order valence-electron chi connectivity index (χ1n) is 5.28. The zero-order chi connectivity index (χ0) is 13.1. The van der Waals surface area contributed by atoms with Gasteiger partial charge in [0.05, 0.1) is 5.69 Å². The molecule has 0 spiro atoms. The van der Waals surface area contributed by atoms with Gasteiger partial charge in [-0.05, 0) is 32.4 Å². The predicted molar refractivity (Wildman–Crippen MR) is 67.0 cm³/mol. The third-order valence-electron chi connectivity index (χ3n) is 2.36. The third kappa shape index (κ3) is 3.69. The number of benzene rings is 1. The van der Waals surface area contributed by atoms with Crippen molar-refractivity contribution in [2.24, 2.45) is 0 Å². The molecule has 1 aromatic rings. The number of nitrogens with two attached hydrogens (primary N) is 1. The molecule has 0 aliphatic rings. The van der Waals surface area contributed by atoms with Gasteiger partial charge < -0.3 is 10.8 Å². The van der Waals surface area contributed by atoms with E-state index >= 15 is 0 Å². The van der Waals surface area contributed by atoms with Crippen molar-refractivity contribution < 1.29 is 13.5 Å². The van der Waals surface area contributed by atoms with E-state index in [0.717, 1.165) is 0 Å². The largest absolute Gasteiger partial charge is 0.398 e. The van der Waals surface area contributed by atoms with Gasteiger partial charge in [-0.25, -0.2) is 13.1 Å². The molecule has 96 valence electrons. The molecule has 0 radical (unpaired) electrons. The van der Waals surface area contributed by atoms with Crippen LogP contribution in [-0.2, 0) is 10.0 Å². The van der Waals surface area contributed by atoms with E-state index in [-0.39, 0.29) is 17.2 Å². The van der Waals surface area contributed by atoms with Crippen LogP contribution < -0.4 is 10.5 Å². The highest BCUT2D eigenvalue weighted by molar-refractivity contribution is 7.89. The zero-order valence-electron chi connectivity index (χ0n) is 9.97. The molecule has 6 heteroatoms. The van der Waals surface area contributed by atoms with Crippen molar-refractivity contribution in [2.45, 2.75) is 30.7 Å². The first-order valence-corrected chi connectivity index (χ1v) is 6.76. The van der Waals surface area contributed by atoms with Crippen LogP contribution in [0.1, 0.15) is 20.3 Å². The van der Waals surface area contributed by atoms with Crippen molar-refractivity contribution in [1.82, 2.24) is 4.72 Å². The molecule has 0 saturated carbocycles. The molecule has 4 N–H and O–H groups in total. The summed E-state index contributed by atoms with van der Waals surface area (Å²) >= 11 is 0. The van der Waals surface area contributed by atoms with Gasteiger partial charge in [-0.3, -0.25) is 0 Å². The molecule has 0 atom stereocenters. The van der Waals surface area contributed by atoms with E-state index in [2.05, 4.69) is 4.72 Å². The molecule has 1 rings (SSSR count). The Bertz CT molecular complexity index is 483. The quantitative estimate of drug-likeness (QED) is 0.678. The zero-order valence-corrected chi connectivity index (χ0v) is 10.8. The maximum Gasteiger partial charge on any atom is 0.243 e. The minimum atomic E-state index is -3.66. The molecule has 0 heterocycles. The minimum absolute atomic E-state index is 0.0611. The summed E-state index contributed by atoms with van der Waals surface area (Å²) in [6.45, 7) is 3.33. The fourth-order valence-electron chi connectivity index (χ4n) is 1.47. The van der Waals surface area contributed by atoms with Gasteiger partial charge in [-0.1, -0.05) is 12.1 Å². The van der Waals surface area contributed by atoms with Gasteiger partial charge in [0.1, 0.15) is 4.90 Å². The maximum absolute atomic E-state index is 12.1. The summed E-state index contributed by atoms with van der Waals surface area (Å²) in [4.78, 5) is 0.0611. The van der Waals surface area contributed by atoms with E-state index < -0.39 is 15.6 Å². The summed E-state index contributed by atoms with van der Waals surface area (Å²) in [5.41, 5.74) is 5.13. The van der Waals surface area contributed by atoms with E-state index in [1.165, 1.54) is 12.1 Å². The summed E-state index contributed by atoms with van der Waals surface area (Å²) in [7, 11) is -3.66. The van der Waals surface area contributed by atoms with Crippen LogP contribution >= 0.6 is 0 Å². The van der Waals surface area contributed by atoms with Gasteiger partial charge in [0.15, 0.2) is 0 Å². The molecular weight excluding hydrogens is 240 g/mol. The van der Waals surface area contributed by atoms with Crippen LogP contribution in [0.25, 0.3) is 0 Å². The molecule has 17 heavy (non-hydrogen) atoms. The summed E-state index contributed by atoms with van der Waals surface area (Å²) in [5.74, 6) is 0. The maximum atomic E-state index is 12.1. The van der Waals surface area contributed by atoms with Crippen molar-refractivity contribution >= 4 is 15.7 Å². The van der Waals surface area contributed by atoms with E-state index in [1.54, 1.807) is 26.0 Å². The Morgan fingerprint density at radius 3 is 2.47 bits per heavy atom. The molecule has 5 nitrogen and oxygen atoms in total. The summed E-state index contributed by atoms with van der Waals surface area (Å²) < 4.78 is 26.7. The Morgan fingerprint density at radius 1 is 1.35 bits per heavy atom. The number of para-hydroxylation sites is 1. The number of rotatable bonds is 5. The predicted octanol–water partition coefficient (Wildman–Crippen LogP) is 0.708. The molecule has 0 fully saturated rings. The number of anilines is 1. The Balaban J connectivity index is 3.02. The molecule has 0 saturated heterocycles. The van der Waals surface area contributed by atoms with Crippen LogP contribution in [0, 0.1) is 0 Å². The molecule has 0 aromatic heterocycles. The average molecular weight is 258 g/mol. The topological polar surface area (TPSA) is 92.4 Å². The van der Waals surface area contributed by atoms with E-state index in [4.69, 9.17) is 10.8 Å². The number of hydrogen-bond acceptors (Lipinski definition) is 4. The second kappa shape index (κ2) is 5.03. The van der Waals surface area contributed by atoms with Gasteiger partial charge in [0.2, 0.25) is 10.0 Å². The Kier molecular flexibility index (Phi) is 4.13. The molecule has 0 bridgehead atoms. The fraction of sp³-hybridized carbons (Fsp3) is 0.455. The highest BCUT2D eigenvalue weighted by Gasteiger charge is 2.26. The fourth-order valence-corrected chi connectivity index (χ4v) is 3.05. The molecule has 0 unspecified atom stereocenters.